The molecule has 1 atom stereocenters. The lowest BCUT2D eigenvalue weighted by atomic mass is 10.2. The van der Waals surface area contributed by atoms with Gasteiger partial charge in [0.15, 0.2) is 0 Å². The number of nitrogens with zero attached hydrogens (tertiary/aromatic N) is 1. The highest BCUT2D eigenvalue weighted by Gasteiger charge is 2.38. The van der Waals surface area contributed by atoms with Crippen LogP contribution in [-0.2, 0) is 19.2 Å². The van der Waals surface area contributed by atoms with E-state index in [-0.39, 0.29) is 55.4 Å². The van der Waals surface area contributed by atoms with Crippen molar-refractivity contribution in [2.75, 3.05) is 45.0 Å². The van der Waals surface area contributed by atoms with Gasteiger partial charge in [0.05, 0.1) is 17.5 Å². The van der Waals surface area contributed by atoms with Gasteiger partial charge in [-0.05, 0) is 25.9 Å². The molecule has 1 fully saturated rings. The van der Waals surface area contributed by atoms with Gasteiger partial charge in [0.25, 0.3) is 0 Å². The standard InChI is InChI=1S/C17H31N5O4S/c1-2-19-11-14(23)21-8-9-22-16(25)10-13(17(22)26)27-12-15(24)20-7-5-3-4-6-18/h13,19H,2-12,18H2,1H3,(H,20,24)(H,21,23). The quantitative estimate of drug-likeness (QED) is 0.213. The minimum atomic E-state index is -0.530. The predicted octanol–water partition coefficient (Wildman–Crippen LogP) is -1.18. The zero-order valence-corrected chi connectivity index (χ0v) is 16.7. The van der Waals surface area contributed by atoms with Gasteiger partial charge in [0, 0.05) is 26.1 Å². The van der Waals surface area contributed by atoms with Crippen molar-refractivity contribution in [1.29, 1.82) is 0 Å². The van der Waals surface area contributed by atoms with Crippen LogP contribution in [0.2, 0.25) is 0 Å². The number of nitrogens with two attached hydrogens (primary N) is 1. The Hall–Kier alpha value is -1.65. The summed E-state index contributed by atoms with van der Waals surface area (Å²) < 4.78 is 0. The van der Waals surface area contributed by atoms with Crippen LogP contribution in [0.4, 0.5) is 0 Å². The molecule has 0 aliphatic carbocycles. The summed E-state index contributed by atoms with van der Waals surface area (Å²) in [5, 5.41) is 7.83. The van der Waals surface area contributed by atoms with Crippen LogP contribution in [0.5, 0.6) is 0 Å². The van der Waals surface area contributed by atoms with Gasteiger partial charge >= 0.3 is 0 Å². The zero-order valence-electron chi connectivity index (χ0n) is 15.9. The van der Waals surface area contributed by atoms with Crippen LogP contribution in [-0.4, -0.2) is 78.8 Å². The Bertz CT molecular complexity index is 518. The number of nitrogens with one attached hydrogen (secondary N) is 3. The topological polar surface area (TPSA) is 134 Å². The molecule has 1 saturated heterocycles. The van der Waals surface area contributed by atoms with Crippen LogP contribution in [0.1, 0.15) is 32.6 Å². The fourth-order valence-electron chi connectivity index (χ4n) is 2.53. The van der Waals surface area contributed by atoms with E-state index >= 15 is 0 Å². The summed E-state index contributed by atoms with van der Waals surface area (Å²) in [7, 11) is 0. The maximum atomic E-state index is 12.3. The third-order valence-corrected chi connectivity index (χ3v) is 5.21. The van der Waals surface area contributed by atoms with Gasteiger partial charge in [0.1, 0.15) is 0 Å². The Labute approximate surface area is 164 Å². The Balaban J connectivity index is 2.25. The zero-order chi connectivity index (χ0) is 20.1. The maximum Gasteiger partial charge on any atom is 0.242 e. The summed E-state index contributed by atoms with van der Waals surface area (Å²) in [5.41, 5.74) is 5.41. The summed E-state index contributed by atoms with van der Waals surface area (Å²) >= 11 is 1.19. The van der Waals surface area contributed by atoms with Gasteiger partial charge in [0.2, 0.25) is 23.6 Å². The molecule has 154 valence electrons. The molecule has 9 nitrogen and oxygen atoms in total. The molecule has 0 saturated carbocycles. The Morgan fingerprint density at radius 2 is 1.89 bits per heavy atom. The molecule has 1 aliphatic rings. The first-order chi connectivity index (χ1) is 13.0. The molecule has 1 heterocycles. The molecule has 1 rings (SSSR count). The predicted molar refractivity (Wildman–Crippen MR) is 105 cm³/mol. The number of amides is 4. The summed E-state index contributed by atoms with van der Waals surface area (Å²) in [6, 6.07) is 0. The van der Waals surface area contributed by atoms with Gasteiger partial charge < -0.3 is 21.7 Å². The van der Waals surface area contributed by atoms with E-state index in [0.717, 1.165) is 24.2 Å². The summed E-state index contributed by atoms with van der Waals surface area (Å²) in [6.45, 7) is 4.42. The Morgan fingerprint density at radius 1 is 1.15 bits per heavy atom. The van der Waals surface area contributed by atoms with Crippen molar-refractivity contribution in [2.45, 2.75) is 37.9 Å². The van der Waals surface area contributed by atoms with Crippen LogP contribution in [0.15, 0.2) is 0 Å². The SMILES string of the molecule is CCNCC(=O)NCCN1C(=O)CC(SCC(=O)NCCCCCN)C1=O. The van der Waals surface area contributed by atoms with Crippen molar-refractivity contribution >= 4 is 35.4 Å². The van der Waals surface area contributed by atoms with Gasteiger partial charge in [-0.1, -0.05) is 13.3 Å². The number of carbonyl (C=O) groups is 4. The van der Waals surface area contributed by atoms with Gasteiger partial charge in [-0.2, -0.15) is 0 Å². The minimum absolute atomic E-state index is 0.0958. The van der Waals surface area contributed by atoms with Gasteiger partial charge in [-0.25, -0.2) is 0 Å². The molecule has 0 aromatic rings. The van der Waals surface area contributed by atoms with E-state index in [1.807, 2.05) is 6.92 Å². The number of hydrogen-bond donors (Lipinski definition) is 4. The van der Waals surface area contributed by atoms with E-state index in [1.165, 1.54) is 11.8 Å². The normalized spacial score (nSPS) is 16.7. The van der Waals surface area contributed by atoms with Crippen molar-refractivity contribution in [2.24, 2.45) is 5.73 Å². The van der Waals surface area contributed by atoms with E-state index in [9.17, 15) is 19.2 Å². The van der Waals surface area contributed by atoms with Crippen molar-refractivity contribution in [3.8, 4) is 0 Å². The Kier molecular flexibility index (Phi) is 11.7. The summed E-state index contributed by atoms with van der Waals surface area (Å²) in [5.74, 6) is -0.720. The lowest BCUT2D eigenvalue weighted by molar-refractivity contribution is -0.138. The molecule has 0 bridgehead atoms. The first-order valence-corrected chi connectivity index (χ1v) is 10.4. The fraction of sp³-hybridized carbons (Fsp3) is 0.765. The van der Waals surface area contributed by atoms with E-state index in [4.69, 9.17) is 5.73 Å². The minimum Gasteiger partial charge on any atom is -0.355 e. The van der Waals surface area contributed by atoms with E-state index in [0.29, 0.717) is 19.6 Å². The molecule has 4 amide bonds. The molecule has 10 heteroatoms. The van der Waals surface area contributed by atoms with Crippen LogP contribution < -0.4 is 21.7 Å². The summed E-state index contributed by atoms with van der Waals surface area (Å²) in [6.07, 6.45) is 2.88. The number of rotatable bonds is 14. The van der Waals surface area contributed by atoms with Crippen molar-refractivity contribution in [3.63, 3.8) is 0 Å². The molecule has 0 aromatic carbocycles. The second-order valence-electron chi connectivity index (χ2n) is 6.22. The average Bonchev–Trinajstić information content (AvgIpc) is 2.92. The van der Waals surface area contributed by atoms with Gasteiger partial charge in [-0.15, -0.1) is 11.8 Å². The highest BCUT2D eigenvalue weighted by atomic mass is 32.2. The molecular weight excluding hydrogens is 370 g/mol. The highest BCUT2D eigenvalue weighted by molar-refractivity contribution is 8.01. The second-order valence-corrected chi connectivity index (χ2v) is 7.41. The first-order valence-electron chi connectivity index (χ1n) is 9.39. The number of carbonyl (C=O) groups excluding carboxylic acids is 4. The molecule has 27 heavy (non-hydrogen) atoms. The van der Waals surface area contributed by atoms with Crippen molar-refractivity contribution in [3.05, 3.63) is 0 Å². The molecule has 5 N–H and O–H groups in total. The molecule has 1 unspecified atom stereocenters. The molecule has 0 spiro atoms. The van der Waals surface area contributed by atoms with Crippen molar-refractivity contribution in [1.82, 2.24) is 20.9 Å². The number of hydrogen-bond acceptors (Lipinski definition) is 7. The average molecular weight is 402 g/mol. The number of thioether (sulfide) groups is 1. The molecular formula is C17H31N5O4S. The lowest BCUT2D eigenvalue weighted by Gasteiger charge is -2.15. The monoisotopic (exact) mass is 401 g/mol. The van der Waals surface area contributed by atoms with E-state index < -0.39 is 5.25 Å². The Morgan fingerprint density at radius 3 is 2.59 bits per heavy atom. The molecule has 1 aliphatic heterocycles. The third-order valence-electron chi connectivity index (χ3n) is 4.01. The lowest BCUT2D eigenvalue weighted by Crippen LogP contribution is -2.41. The highest BCUT2D eigenvalue weighted by Crippen LogP contribution is 2.24. The van der Waals surface area contributed by atoms with Crippen LogP contribution in [0.25, 0.3) is 0 Å². The number of likely N-dealkylation sites (tertiary alicyclic amines) is 1. The summed E-state index contributed by atoms with van der Waals surface area (Å²) in [4.78, 5) is 48.8. The van der Waals surface area contributed by atoms with E-state index in [1.54, 1.807) is 0 Å². The smallest absolute Gasteiger partial charge is 0.242 e. The molecule has 0 radical (unpaired) electrons. The first kappa shape index (κ1) is 23.4. The largest absolute Gasteiger partial charge is 0.355 e. The van der Waals surface area contributed by atoms with Gasteiger partial charge in [-0.3, -0.25) is 24.1 Å². The van der Waals surface area contributed by atoms with E-state index in [2.05, 4.69) is 16.0 Å². The number of likely N-dealkylation sites (N-methyl/N-ethyl adjacent to an activating group) is 1. The number of unbranched alkanes of at least 4 members (excludes halogenated alkanes) is 2. The maximum absolute atomic E-state index is 12.3. The van der Waals surface area contributed by atoms with Crippen LogP contribution >= 0.6 is 11.8 Å². The molecule has 0 aromatic heterocycles. The second kappa shape index (κ2) is 13.5. The third kappa shape index (κ3) is 9.21. The van der Waals surface area contributed by atoms with Crippen molar-refractivity contribution < 1.29 is 19.2 Å². The van der Waals surface area contributed by atoms with Crippen LogP contribution in [0, 0.1) is 0 Å². The number of imide groups is 1. The fourth-order valence-corrected chi connectivity index (χ4v) is 3.51. The van der Waals surface area contributed by atoms with Crippen LogP contribution in [0.3, 0.4) is 0 Å².